The van der Waals surface area contributed by atoms with Gasteiger partial charge in [-0.3, -0.25) is 9.46 Å². The number of pyridine rings is 1. The molecule has 2 atom stereocenters. The van der Waals surface area contributed by atoms with Gasteiger partial charge in [0.2, 0.25) is 13.2 Å². The summed E-state index contributed by atoms with van der Waals surface area (Å²) >= 11 is 0. The van der Waals surface area contributed by atoms with Gasteiger partial charge in [-0.05, 0) is 82.0 Å². The topological polar surface area (TPSA) is 98.2 Å². The van der Waals surface area contributed by atoms with Crippen LogP contribution >= 0.6 is 7.37 Å². The number of aryl methyl sites for hydroxylation is 1. The fourth-order valence-electron chi connectivity index (χ4n) is 4.94. The van der Waals surface area contributed by atoms with Crippen molar-refractivity contribution in [2.75, 3.05) is 26.5 Å². The van der Waals surface area contributed by atoms with Gasteiger partial charge in [-0.2, -0.15) is 0 Å². The van der Waals surface area contributed by atoms with Gasteiger partial charge < -0.3 is 19.1 Å². The number of hydrogen-bond acceptors (Lipinski definition) is 8. The number of methoxy groups -OCH3 is 1. The summed E-state index contributed by atoms with van der Waals surface area (Å²) in [4.78, 5) is 19.7. The first-order chi connectivity index (χ1) is 19.8. The Morgan fingerprint density at radius 3 is 2.40 bits per heavy atom. The van der Waals surface area contributed by atoms with E-state index >= 15 is 4.39 Å². The number of carbonyl (C=O) groups is 1. The van der Waals surface area contributed by atoms with Crippen molar-refractivity contribution in [3.05, 3.63) is 76.7 Å². The van der Waals surface area contributed by atoms with Crippen LogP contribution in [-0.2, 0) is 15.6 Å². The lowest BCUT2D eigenvalue weighted by molar-refractivity contribution is 0.0733. The minimum Gasteiger partial charge on any atom is -0.481 e. The molecular formula is C32H42FN2O6P. The molecule has 0 aliphatic rings. The maximum atomic E-state index is 15.1. The first-order valence-electron chi connectivity index (χ1n) is 14.1. The van der Waals surface area contributed by atoms with Crippen LogP contribution in [0.25, 0.3) is 11.1 Å². The number of aliphatic hydroxyl groups excluding tert-OH is 1. The standard InChI is InChI=1S/C32H42FN2O6P/c1-9-40-42(8,38)19-30(36)23-11-10-12-25(14-23)41-32(37)26-15-24(18-35(20(2)3)21(4)5)27(13-22(26)6)28-16-31(39-7)34-17-29(28)33/h10-17,20-21,30,36H,9,18-19H2,1-8H3/t30-,42?/m1/s1. The summed E-state index contributed by atoms with van der Waals surface area (Å²) in [5.74, 6) is -0.565. The van der Waals surface area contributed by atoms with E-state index in [-0.39, 0.29) is 36.5 Å². The molecule has 0 spiro atoms. The third-order valence-corrected chi connectivity index (χ3v) is 8.85. The second-order valence-corrected chi connectivity index (χ2v) is 13.6. The van der Waals surface area contributed by atoms with Crippen molar-refractivity contribution < 1.29 is 32.9 Å². The SMILES string of the molecule is CCOP(C)(=O)C[C@@H](O)c1cccc(OC(=O)c2cc(CN(C(C)C)C(C)C)c(-c3cc(OC)ncc3F)cc2C)c1. The normalized spacial score (nSPS) is 13.8. The molecule has 0 radical (unpaired) electrons. The Labute approximate surface area is 248 Å². The summed E-state index contributed by atoms with van der Waals surface area (Å²) in [5, 5.41) is 10.7. The van der Waals surface area contributed by atoms with Crippen molar-refractivity contribution in [3.63, 3.8) is 0 Å². The van der Waals surface area contributed by atoms with Gasteiger partial charge in [-0.1, -0.05) is 18.2 Å². The number of ether oxygens (including phenoxy) is 2. The van der Waals surface area contributed by atoms with E-state index < -0.39 is 25.3 Å². The van der Waals surface area contributed by atoms with Gasteiger partial charge in [0.05, 0.1) is 37.7 Å². The quantitative estimate of drug-likeness (QED) is 0.127. The van der Waals surface area contributed by atoms with Crippen LogP contribution in [-0.4, -0.2) is 59.6 Å². The third kappa shape index (κ3) is 8.48. The number of esters is 1. The summed E-state index contributed by atoms with van der Waals surface area (Å²) in [7, 11) is -1.51. The molecule has 1 aromatic heterocycles. The highest BCUT2D eigenvalue weighted by atomic mass is 31.2. The molecule has 0 fully saturated rings. The summed E-state index contributed by atoms with van der Waals surface area (Å²) in [6.45, 7) is 14.1. The van der Waals surface area contributed by atoms with E-state index in [1.54, 1.807) is 56.3 Å². The van der Waals surface area contributed by atoms with E-state index in [2.05, 4.69) is 37.6 Å². The Bertz CT molecular complexity index is 1440. The van der Waals surface area contributed by atoms with E-state index in [1.807, 2.05) is 0 Å². The minimum atomic E-state index is -2.98. The van der Waals surface area contributed by atoms with Gasteiger partial charge in [0.1, 0.15) is 11.6 Å². The average Bonchev–Trinajstić information content (AvgIpc) is 2.91. The minimum absolute atomic E-state index is 0.0548. The molecular weight excluding hydrogens is 558 g/mol. The van der Waals surface area contributed by atoms with Crippen molar-refractivity contribution in [3.8, 4) is 22.8 Å². The van der Waals surface area contributed by atoms with E-state index in [0.29, 0.717) is 34.4 Å². The fraction of sp³-hybridized carbons (Fsp3) is 0.438. The summed E-state index contributed by atoms with van der Waals surface area (Å²) in [6.07, 6.45) is 0.0236. The number of hydrogen-bond donors (Lipinski definition) is 1. The smallest absolute Gasteiger partial charge is 0.343 e. The van der Waals surface area contributed by atoms with Crippen LogP contribution in [0.5, 0.6) is 11.6 Å². The molecule has 0 aliphatic carbocycles. The number of halogens is 1. The van der Waals surface area contributed by atoms with Gasteiger partial charge >= 0.3 is 5.97 Å². The maximum absolute atomic E-state index is 15.1. The second-order valence-electron chi connectivity index (χ2n) is 11.0. The molecule has 1 N–H and O–H groups in total. The third-order valence-electron chi connectivity index (χ3n) is 7.04. The van der Waals surface area contributed by atoms with Crippen LogP contribution in [0.2, 0.25) is 0 Å². The zero-order valence-corrected chi connectivity index (χ0v) is 26.6. The molecule has 3 rings (SSSR count). The van der Waals surface area contributed by atoms with Crippen LogP contribution in [0, 0.1) is 12.7 Å². The van der Waals surface area contributed by atoms with E-state index in [1.165, 1.54) is 13.8 Å². The Balaban J connectivity index is 2.00. The van der Waals surface area contributed by atoms with Gasteiger partial charge in [-0.25, -0.2) is 14.2 Å². The molecule has 0 saturated heterocycles. The van der Waals surface area contributed by atoms with Crippen LogP contribution in [0.4, 0.5) is 4.39 Å². The predicted octanol–water partition coefficient (Wildman–Crippen LogP) is 7.02. The first kappa shape index (κ1) is 33.4. The number of aliphatic hydroxyl groups is 1. The van der Waals surface area contributed by atoms with E-state index in [0.717, 1.165) is 11.8 Å². The molecule has 1 unspecified atom stereocenters. The van der Waals surface area contributed by atoms with Gasteiger partial charge in [0, 0.05) is 36.9 Å². The fourth-order valence-corrected chi connectivity index (χ4v) is 6.43. The highest BCUT2D eigenvalue weighted by Crippen LogP contribution is 2.46. The number of aromatic nitrogens is 1. The molecule has 0 amide bonds. The molecule has 42 heavy (non-hydrogen) atoms. The molecule has 3 aromatic rings. The van der Waals surface area contributed by atoms with Gasteiger partial charge in [0.15, 0.2) is 0 Å². The molecule has 2 aromatic carbocycles. The Kier molecular flexibility index (Phi) is 11.4. The Morgan fingerprint density at radius 1 is 1.10 bits per heavy atom. The lowest BCUT2D eigenvalue weighted by atomic mass is 9.93. The lowest BCUT2D eigenvalue weighted by Crippen LogP contribution is -2.36. The highest BCUT2D eigenvalue weighted by Gasteiger charge is 2.24. The van der Waals surface area contributed by atoms with Crippen molar-refractivity contribution in [2.24, 2.45) is 0 Å². The second kappa shape index (κ2) is 14.4. The molecule has 1 heterocycles. The summed E-state index contributed by atoms with van der Waals surface area (Å²) < 4.78 is 43.9. The molecule has 228 valence electrons. The molecule has 0 bridgehead atoms. The number of nitrogens with zero attached hydrogens (tertiary/aromatic N) is 2. The van der Waals surface area contributed by atoms with E-state index in [9.17, 15) is 14.5 Å². The number of carbonyl (C=O) groups excluding carboxylic acids is 1. The zero-order chi connectivity index (χ0) is 31.2. The van der Waals surface area contributed by atoms with Crippen LogP contribution in [0.3, 0.4) is 0 Å². The summed E-state index contributed by atoms with van der Waals surface area (Å²) in [6, 6.07) is 12.0. The Hall–Kier alpha value is -3.10. The summed E-state index contributed by atoms with van der Waals surface area (Å²) in [5.41, 5.74) is 3.12. The van der Waals surface area contributed by atoms with Crippen molar-refractivity contribution in [2.45, 2.75) is 66.3 Å². The van der Waals surface area contributed by atoms with Gasteiger partial charge in [-0.15, -0.1) is 0 Å². The van der Waals surface area contributed by atoms with Crippen LogP contribution in [0.1, 0.15) is 67.8 Å². The maximum Gasteiger partial charge on any atom is 0.343 e. The van der Waals surface area contributed by atoms with Crippen molar-refractivity contribution in [1.29, 1.82) is 0 Å². The van der Waals surface area contributed by atoms with Crippen molar-refractivity contribution in [1.82, 2.24) is 9.88 Å². The van der Waals surface area contributed by atoms with Crippen LogP contribution < -0.4 is 9.47 Å². The molecule has 0 saturated carbocycles. The number of benzene rings is 2. The molecule has 10 heteroatoms. The largest absolute Gasteiger partial charge is 0.481 e. The molecule has 8 nitrogen and oxygen atoms in total. The monoisotopic (exact) mass is 600 g/mol. The average molecular weight is 601 g/mol. The zero-order valence-electron chi connectivity index (χ0n) is 25.7. The first-order valence-corrected chi connectivity index (χ1v) is 16.3. The van der Waals surface area contributed by atoms with Crippen LogP contribution in [0.15, 0.2) is 48.7 Å². The predicted molar refractivity (Wildman–Crippen MR) is 163 cm³/mol. The van der Waals surface area contributed by atoms with Gasteiger partial charge in [0.25, 0.3) is 0 Å². The Morgan fingerprint density at radius 2 is 1.79 bits per heavy atom. The van der Waals surface area contributed by atoms with E-state index in [4.69, 9.17) is 14.0 Å². The highest BCUT2D eigenvalue weighted by molar-refractivity contribution is 7.58. The van der Waals surface area contributed by atoms with Crippen molar-refractivity contribution >= 4 is 13.3 Å². The molecule has 0 aliphatic heterocycles. The lowest BCUT2D eigenvalue weighted by Gasteiger charge is -2.31. The number of rotatable bonds is 13.